The molecule has 0 amide bonds. The molecule has 96 valence electrons. The van der Waals surface area contributed by atoms with E-state index in [2.05, 4.69) is 10.2 Å². The summed E-state index contributed by atoms with van der Waals surface area (Å²) < 4.78 is 15.2. The van der Waals surface area contributed by atoms with Gasteiger partial charge in [0.2, 0.25) is 0 Å². The maximum atomic E-state index is 15.2. The van der Waals surface area contributed by atoms with Gasteiger partial charge in [0.15, 0.2) is 5.67 Å². The molecule has 1 aliphatic carbocycles. The number of H-pyrrole nitrogens is 1. The topological polar surface area (TPSA) is 66.0 Å². The van der Waals surface area contributed by atoms with Gasteiger partial charge < -0.3 is 5.11 Å². The third kappa shape index (κ3) is 1.66. The van der Waals surface area contributed by atoms with E-state index in [0.29, 0.717) is 10.9 Å². The minimum Gasteiger partial charge on any atom is -0.481 e. The van der Waals surface area contributed by atoms with Gasteiger partial charge in [-0.3, -0.25) is 9.89 Å². The Kier molecular flexibility index (Phi) is 2.48. The molecule has 1 aromatic carbocycles. The molecule has 0 bridgehead atoms. The molecule has 5 heteroatoms. The maximum Gasteiger partial charge on any atom is 0.314 e. The van der Waals surface area contributed by atoms with Crippen LogP contribution in [0.4, 0.5) is 4.39 Å². The Labute approximate surface area is 108 Å². The number of aliphatic carboxylic acids is 1. The lowest BCUT2D eigenvalue weighted by molar-refractivity contribution is -0.144. The number of benzene rings is 1. The summed E-state index contributed by atoms with van der Waals surface area (Å²) in [6, 6.07) is 7.03. The van der Waals surface area contributed by atoms with Gasteiger partial charge in [-0.15, -0.1) is 0 Å². The number of aromatic amines is 1. The molecule has 0 saturated heterocycles. The molecule has 4 nitrogen and oxygen atoms in total. The second kappa shape index (κ2) is 4.05. The van der Waals surface area contributed by atoms with E-state index >= 15 is 4.39 Å². The highest BCUT2D eigenvalue weighted by molar-refractivity contribution is 5.84. The monoisotopic (exact) mass is 258 g/mol. The van der Waals surface area contributed by atoms with Gasteiger partial charge in [-0.2, -0.15) is 5.10 Å². The number of hydrogen-bond acceptors (Lipinski definition) is 2. The summed E-state index contributed by atoms with van der Waals surface area (Å²) in [5.41, 5.74) is -1.32. The normalized spacial score (nSPS) is 25.8. The second-order valence-corrected chi connectivity index (χ2v) is 4.44. The Balaban J connectivity index is 2.21. The average molecular weight is 258 g/mol. The van der Waals surface area contributed by atoms with E-state index in [4.69, 9.17) is 0 Å². The van der Waals surface area contributed by atoms with Gasteiger partial charge in [0.05, 0.1) is 11.2 Å². The van der Waals surface area contributed by atoms with E-state index in [1.54, 1.807) is 24.3 Å². The average Bonchev–Trinajstić information content (AvgIpc) is 2.83. The smallest absolute Gasteiger partial charge is 0.314 e. The van der Waals surface area contributed by atoms with E-state index in [9.17, 15) is 9.90 Å². The van der Waals surface area contributed by atoms with Gasteiger partial charge in [0.25, 0.3) is 0 Å². The van der Waals surface area contributed by atoms with Crippen molar-refractivity contribution < 1.29 is 14.3 Å². The fraction of sp³-hybridized carbons (Fsp3) is 0.143. The van der Waals surface area contributed by atoms with Crippen molar-refractivity contribution in [3.8, 4) is 0 Å². The van der Waals surface area contributed by atoms with Gasteiger partial charge >= 0.3 is 5.97 Å². The summed E-state index contributed by atoms with van der Waals surface area (Å²) in [5, 5.41) is 16.4. The lowest BCUT2D eigenvalue weighted by Gasteiger charge is -2.27. The van der Waals surface area contributed by atoms with Crippen LogP contribution >= 0.6 is 0 Å². The van der Waals surface area contributed by atoms with Crippen molar-refractivity contribution in [2.45, 2.75) is 5.67 Å². The molecular weight excluding hydrogens is 247 g/mol. The minimum atomic E-state index is -2.11. The zero-order chi connectivity index (χ0) is 13.5. The molecule has 2 N–H and O–H groups in total. The Hall–Kier alpha value is -2.43. The van der Waals surface area contributed by atoms with Crippen molar-refractivity contribution in [2.75, 3.05) is 0 Å². The van der Waals surface area contributed by atoms with E-state index in [-0.39, 0.29) is 5.69 Å². The number of alkyl halides is 1. The number of carboxylic acids is 1. The first-order chi connectivity index (χ1) is 9.13. The fourth-order valence-corrected chi connectivity index (χ4v) is 2.37. The van der Waals surface area contributed by atoms with Crippen LogP contribution in [0.3, 0.4) is 0 Å². The van der Waals surface area contributed by atoms with Gasteiger partial charge in [-0.1, -0.05) is 36.4 Å². The fourth-order valence-electron chi connectivity index (χ4n) is 2.37. The van der Waals surface area contributed by atoms with Crippen molar-refractivity contribution in [2.24, 2.45) is 5.92 Å². The van der Waals surface area contributed by atoms with Crippen LogP contribution in [0.15, 0.2) is 48.6 Å². The Morgan fingerprint density at radius 2 is 2.16 bits per heavy atom. The number of aromatic nitrogens is 2. The highest BCUT2D eigenvalue weighted by Crippen LogP contribution is 2.40. The predicted molar refractivity (Wildman–Crippen MR) is 68.3 cm³/mol. The number of nitrogens with zero attached hydrogens (tertiary/aromatic N) is 1. The molecule has 0 saturated carbocycles. The summed E-state index contributed by atoms with van der Waals surface area (Å²) in [7, 11) is 0. The van der Waals surface area contributed by atoms with Crippen molar-refractivity contribution in [3.63, 3.8) is 0 Å². The predicted octanol–water partition coefficient (Wildman–Crippen LogP) is 2.55. The number of nitrogens with one attached hydrogen (secondary N) is 1. The molecular formula is C14H11FN2O2. The maximum absolute atomic E-state index is 15.2. The number of hydrogen-bond donors (Lipinski definition) is 2. The van der Waals surface area contributed by atoms with Crippen LogP contribution in [-0.4, -0.2) is 21.3 Å². The zero-order valence-electron chi connectivity index (χ0n) is 9.88. The zero-order valence-corrected chi connectivity index (χ0v) is 9.88. The van der Waals surface area contributed by atoms with Crippen LogP contribution in [0.5, 0.6) is 0 Å². The molecule has 2 atom stereocenters. The first-order valence-electron chi connectivity index (χ1n) is 5.84. The van der Waals surface area contributed by atoms with Crippen LogP contribution < -0.4 is 0 Å². The highest BCUT2D eigenvalue weighted by atomic mass is 19.1. The number of carbonyl (C=O) groups is 1. The van der Waals surface area contributed by atoms with Crippen LogP contribution in [0.1, 0.15) is 5.69 Å². The second-order valence-electron chi connectivity index (χ2n) is 4.44. The van der Waals surface area contributed by atoms with Gasteiger partial charge in [0, 0.05) is 5.39 Å². The number of halogens is 1. The molecule has 0 aliphatic heterocycles. The number of fused-ring (bicyclic) bond motifs is 1. The van der Waals surface area contributed by atoms with Crippen molar-refractivity contribution in [1.29, 1.82) is 0 Å². The van der Waals surface area contributed by atoms with Crippen LogP contribution in [0.2, 0.25) is 0 Å². The Morgan fingerprint density at radius 1 is 1.37 bits per heavy atom. The highest BCUT2D eigenvalue weighted by Gasteiger charge is 2.45. The summed E-state index contributed by atoms with van der Waals surface area (Å²) in [6.07, 6.45) is 5.65. The molecule has 2 unspecified atom stereocenters. The Bertz CT molecular complexity index is 704. The molecule has 19 heavy (non-hydrogen) atoms. The Morgan fingerprint density at radius 3 is 2.95 bits per heavy atom. The quantitative estimate of drug-likeness (QED) is 0.870. The number of para-hydroxylation sites is 1. The van der Waals surface area contributed by atoms with Gasteiger partial charge in [-0.25, -0.2) is 4.39 Å². The SMILES string of the molecule is O=C(O)C1C=CC=CC1(F)c1[nH]nc2ccccc12. The van der Waals surface area contributed by atoms with Crippen molar-refractivity contribution in [1.82, 2.24) is 10.2 Å². The third-order valence-corrected chi connectivity index (χ3v) is 3.32. The minimum absolute atomic E-state index is 0.177. The summed E-state index contributed by atoms with van der Waals surface area (Å²) >= 11 is 0. The molecule has 1 aliphatic rings. The van der Waals surface area contributed by atoms with Crippen molar-refractivity contribution in [3.05, 3.63) is 54.3 Å². The number of allylic oxidation sites excluding steroid dienone is 3. The largest absolute Gasteiger partial charge is 0.481 e. The van der Waals surface area contributed by atoms with E-state index in [1.165, 1.54) is 24.3 Å². The molecule has 1 heterocycles. The summed E-state index contributed by atoms with van der Waals surface area (Å²) in [4.78, 5) is 11.2. The molecule has 0 fully saturated rings. The third-order valence-electron chi connectivity index (χ3n) is 3.32. The van der Waals surface area contributed by atoms with E-state index in [0.717, 1.165) is 0 Å². The van der Waals surface area contributed by atoms with Crippen LogP contribution in [-0.2, 0) is 10.5 Å². The number of carboxylic acid groups (broad SMARTS) is 1. The molecule has 2 aromatic rings. The molecule has 3 rings (SSSR count). The van der Waals surface area contributed by atoms with Gasteiger partial charge in [0.1, 0.15) is 5.92 Å². The summed E-state index contributed by atoms with van der Waals surface area (Å²) in [5.74, 6) is -2.47. The standard InChI is InChI=1S/C14H11FN2O2/c15-14(8-4-3-6-10(14)13(18)19)12-9-5-1-2-7-11(9)16-17-12/h1-8,10H,(H,16,17)(H,18,19). The molecule has 1 aromatic heterocycles. The van der Waals surface area contributed by atoms with Crippen LogP contribution in [0.25, 0.3) is 10.9 Å². The first-order valence-corrected chi connectivity index (χ1v) is 5.84. The van der Waals surface area contributed by atoms with Gasteiger partial charge in [-0.05, 0) is 12.1 Å². The van der Waals surface area contributed by atoms with Crippen LogP contribution in [0, 0.1) is 5.92 Å². The molecule has 0 spiro atoms. The lowest BCUT2D eigenvalue weighted by Crippen LogP contribution is -2.35. The van der Waals surface area contributed by atoms with E-state index < -0.39 is 17.6 Å². The lowest BCUT2D eigenvalue weighted by atomic mass is 9.82. The first kappa shape index (κ1) is 11.6. The summed E-state index contributed by atoms with van der Waals surface area (Å²) in [6.45, 7) is 0. The van der Waals surface area contributed by atoms with Crippen molar-refractivity contribution >= 4 is 16.9 Å². The number of rotatable bonds is 2. The molecule has 0 radical (unpaired) electrons. The van der Waals surface area contributed by atoms with E-state index in [1.807, 2.05) is 0 Å².